The molecule has 0 aromatic carbocycles. The Morgan fingerprint density at radius 3 is 1.30 bits per heavy atom. The van der Waals surface area contributed by atoms with Crippen LogP contribution in [0.25, 0.3) is 10.4 Å². The fourth-order valence-corrected chi connectivity index (χ4v) is 7.75. The predicted octanol–water partition coefficient (Wildman–Crippen LogP) is -7.72. The van der Waals surface area contributed by atoms with Crippen molar-refractivity contribution < 1.29 is 98.2 Å². The maximum atomic E-state index is 12.2. The quantitative estimate of drug-likeness (QED) is 0.0181. The molecule has 374 valence electrons. The molecule has 0 bridgehead atoms. The second-order valence-corrected chi connectivity index (χ2v) is 16.4. The van der Waals surface area contributed by atoms with E-state index < -0.39 is 147 Å². The van der Waals surface area contributed by atoms with Crippen molar-refractivity contribution in [2.45, 2.75) is 143 Å². The molecule has 0 radical (unpaired) electrons. The highest BCUT2D eigenvalue weighted by atomic mass is 32.1. The van der Waals surface area contributed by atoms with Gasteiger partial charge in [0.25, 0.3) is 0 Å². The summed E-state index contributed by atoms with van der Waals surface area (Å²) in [6.07, 6.45) is -30.1. The Balaban J connectivity index is 1.33. The van der Waals surface area contributed by atoms with Gasteiger partial charge in [-0.3, -0.25) is 14.4 Å². The van der Waals surface area contributed by atoms with Gasteiger partial charge in [-0.25, -0.2) is 0 Å². The molecular formula is C34H55N9O20S3. The van der Waals surface area contributed by atoms with Crippen LogP contribution in [0.5, 0.6) is 0 Å². The number of nitrogens with one attached hydrogen (secondary N) is 6. The Hall–Kier alpha value is -3.77. The lowest BCUT2D eigenvalue weighted by molar-refractivity contribution is -0.288. The van der Waals surface area contributed by atoms with Gasteiger partial charge in [0.15, 0.2) is 58.6 Å². The topological polar surface area (TPSA) is 428 Å². The van der Waals surface area contributed by atoms with Crippen molar-refractivity contribution in [1.82, 2.24) is 31.9 Å². The minimum Gasteiger partial charge on any atom is -0.456 e. The van der Waals surface area contributed by atoms with E-state index in [4.69, 9.17) is 80.1 Å². The van der Waals surface area contributed by atoms with Crippen LogP contribution in [-0.4, -0.2) is 235 Å². The summed E-state index contributed by atoms with van der Waals surface area (Å²) >= 11 is 16.0. The van der Waals surface area contributed by atoms with Crippen molar-refractivity contribution in [3.05, 3.63) is 10.4 Å². The smallest absolute Gasteiger partial charge is 0.303 e. The molecule has 0 aromatic heterocycles. The van der Waals surface area contributed by atoms with E-state index in [-0.39, 0.29) is 35.0 Å². The molecule has 0 amide bonds. The van der Waals surface area contributed by atoms with Gasteiger partial charge in [-0.2, -0.15) is 0 Å². The van der Waals surface area contributed by atoms with E-state index >= 15 is 0 Å². The molecule has 4 fully saturated rings. The number of carbonyl (C=O) groups excluding carboxylic acids is 3. The second-order valence-electron chi connectivity index (χ2n) is 15.2. The number of aliphatic hydroxyl groups excluding tert-OH is 9. The van der Waals surface area contributed by atoms with Crippen molar-refractivity contribution >= 4 is 69.9 Å². The number of azide groups is 1. The van der Waals surface area contributed by atoms with E-state index in [1.54, 1.807) is 0 Å². The Bertz CT molecular complexity index is 1760. The minimum absolute atomic E-state index is 0.173. The lowest BCUT2D eigenvalue weighted by Crippen LogP contribution is -2.67. The maximum absolute atomic E-state index is 12.2. The predicted molar refractivity (Wildman–Crippen MR) is 228 cm³/mol. The van der Waals surface area contributed by atoms with Crippen LogP contribution in [0.15, 0.2) is 5.11 Å². The number of ether oxygens (including phenoxy) is 8. The lowest BCUT2D eigenvalue weighted by atomic mass is 9.97. The van der Waals surface area contributed by atoms with Gasteiger partial charge in [-0.05, 0) is 42.2 Å². The summed E-state index contributed by atoms with van der Waals surface area (Å²) in [6, 6.07) is 0. The van der Waals surface area contributed by atoms with Crippen molar-refractivity contribution in [3.8, 4) is 0 Å². The zero-order valence-corrected chi connectivity index (χ0v) is 37.9. The van der Waals surface area contributed by atoms with Crippen molar-refractivity contribution in [3.63, 3.8) is 0 Å². The number of hydrogen-bond donors (Lipinski definition) is 15. The van der Waals surface area contributed by atoms with Gasteiger partial charge in [0, 0.05) is 52.4 Å². The molecule has 20 atom stereocenters. The number of carbonyl (C=O) groups is 3. The molecule has 32 heteroatoms. The van der Waals surface area contributed by atoms with E-state index in [1.807, 2.05) is 0 Å². The third-order valence-electron chi connectivity index (χ3n) is 10.4. The van der Waals surface area contributed by atoms with Gasteiger partial charge in [-0.15, -0.1) is 0 Å². The van der Waals surface area contributed by atoms with Gasteiger partial charge in [-0.1, -0.05) is 5.11 Å². The van der Waals surface area contributed by atoms with Gasteiger partial charge in [0.1, 0.15) is 79.4 Å². The van der Waals surface area contributed by atoms with Crippen molar-refractivity contribution in [2.75, 3.05) is 33.3 Å². The highest BCUT2D eigenvalue weighted by Crippen LogP contribution is 2.29. The van der Waals surface area contributed by atoms with Crippen LogP contribution in [0.1, 0.15) is 20.8 Å². The third kappa shape index (κ3) is 14.4. The van der Waals surface area contributed by atoms with Gasteiger partial charge < -0.3 is 116 Å². The Morgan fingerprint density at radius 2 is 0.894 bits per heavy atom. The monoisotopic (exact) mass is 1010 g/mol. The molecule has 0 aromatic rings. The molecular weight excluding hydrogens is 951 g/mol. The first-order chi connectivity index (χ1) is 31.1. The van der Waals surface area contributed by atoms with Crippen molar-refractivity contribution in [2.24, 2.45) is 5.11 Å². The van der Waals surface area contributed by atoms with E-state index in [1.165, 1.54) is 7.11 Å². The first-order valence-electron chi connectivity index (χ1n) is 20.0. The largest absolute Gasteiger partial charge is 0.456 e. The summed E-state index contributed by atoms with van der Waals surface area (Å²) in [5.74, 6) is -2.54. The van der Waals surface area contributed by atoms with Crippen LogP contribution in [0, 0.1) is 0 Å². The number of aliphatic hydroxyl groups is 9. The highest BCUT2D eigenvalue weighted by Gasteiger charge is 2.52. The standard InChI is InChI=1S/C34H55N9O20S3/c1-9(44)57-25-15(8-39-43-35)62-30(27(59-11(3)46)26(25)58-10(2)45)42-34(66)37-6-13-17(48)20(51)22(53)28(61-13)40-32(64)36-5-12-16(47)19(50)23(54)29(60-12)41-33(65)38-7-14-18(49)21(52)24(55)31(56-4)63-14/h12-31,47-55H,5-8H2,1-4H3,(H2,36,40,64)(H2,37,42,66)(H2,38,41,65)/t12-,13-,14-,15-,16-,17-,18-,19+,20+,21+,22-,23-,24-,25-,26+,27-,28-,29-,30-,31+/m1/s1. The number of esters is 3. The second kappa shape index (κ2) is 25.0. The van der Waals surface area contributed by atoms with E-state index in [2.05, 4.69) is 41.9 Å². The number of thiocarbonyl (C=S) groups is 3. The SMILES string of the molecule is CO[C@H]1O[C@H](CNC(=S)N[C@@H]2O[C@H](CNC(=S)N[C@@H]3O[C@H](CNC(=S)N[C@@H]4O[C@H](CN=[N+]=[N-])[C@@H](OC(C)=O)[C@H](OC(C)=O)[C@H]4OC(C)=O)[C@@H](O)[C@H](O)[C@H]3O)[C@@H](O)[C@H](O)[C@H]2O)[C@@H](O)[C@H](O)[C@H]1O. The molecule has 66 heavy (non-hydrogen) atoms. The van der Waals surface area contributed by atoms with Crippen LogP contribution in [0.2, 0.25) is 0 Å². The number of nitrogens with zero attached hydrogens (tertiary/aromatic N) is 3. The lowest BCUT2D eigenvalue weighted by Gasteiger charge is -2.45. The summed E-state index contributed by atoms with van der Waals surface area (Å²) in [6.45, 7) is 1.81. The van der Waals surface area contributed by atoms with E-state index in [0.29, 0.717) is 0 Å². The van der Waals surface area contributed by atoms with Crippen LogP contribution < -0.4 is 31.9 Å². The third-order valence-corrected chi connectivity index (χ3v) is 11.2. The highest BCUT2D eigenvalue weighted by molar-refractivity contribution is 7.80. The summed E-state index contributed by atoms with van der Waals surface area (Å²) in [5.41, 5.74) is 8.94. The molecule has 0 spiro atoms. The van der Waals surface area contributed by atoms with Crippen molar-refractivity contribution in [1.29, 1.82) is 0 Å². The molecule has 4 heterocycles. The number of rotatable bonds is 15. The summed E-state index contributed by atoms with van der Waals surface area (Å²) in [7, 11) is 1.23. The van der Waals surface area contributed by atoms with Crippen LogP contribution in [-0.2, 0) is 52.3 Å². The van der Waals surface area contributed by atoms with Crippen LogP contribution >= 0.6 is 36.7 Å². The first kappa shape index (κ1) is 54.8. The molecule has 4 aliphatic heterocycles. The first-order valence-corrected chi connectivity index (χ1v) is 21.2. The summed E-state index contributed by atoms with van der Waals surface area (Å²) in [4.78, 5) is 38.9. The van der Waals surface area contributed by atoms with E-state index in [9.17, 15) is 60.3 Å². The maximum Gasteiger partial charge on any atom is 0.303 e. The number of hydrogen-bond acceptors (Lipinski definition) is 24. The molecule has 4 aliphatic rings. The average Bonchev–Trinajstić information content (AvgIpc) is 3.25. The van der Waals surface area contributed by atoms with Crippen LogP contribution in [0.3, 0.4) is 0 Å². The van der Waals surface area contributed by atoms with Gasteiger partial charge >= 0.3 is 17.9 Å². The molecule has 4 rings (SSSR count). The summed E-state index contributed by atoms with van der Waals surface area (Å²) < 4.78 is 44.0. The Morgan fingerprint density at radius 1 is 0.530 bits per heavy atom. The molecule has 4 saturated heterocycles. The van der Waals surface area contributed by atoms with Gasteiger partial charge in [0.05, 0.1) is 6.54 Å². The molecule has 29 nitrogen and oxygen atoms in total. The van der Waals surface area contributed by atoms with E-state index in [0.717, 1.165) is 20.8 Å². The minimum atomic E-state index is -1.82. The zero-order chi connectivity index (χ0) is 49.2. The summed E-state index contributed by atoms with van der Waals surface area (Å²) in [5, 5.41) is 113. The average molecular weight is 1010 g/mol. The Labute approximate surface area is 391 Å². The molecule has 0 aliphatic carbocycles. The fourth-order valence-electron chi connectivity index (χ4n) is 7.15. The van der Waals surface area contributed by atoms with Crippen LogP contribution in [0.4, 0.5) is 0 Å². The fraction of sp³-hybridized carbons (Fsp3) is 0.824. The Kier molecular flexibility index (Phi) is 20.8. The molecule has 0 unspecified atom stereocenters. The molecule has 15 N–H and O–H groups in total. The van der Waals surface area contributed by atoms with Gasteiger partial charge in [0.2, 0.25) is 0 Å². The normalized spacial score (nSPS) is 38.8. The molecule has 0 saturated carbocycles. The zero-order valence-electron chi connectivity index (χ0n) is 35.5. The number of methoxy groups -OCH3 is 1.